The molecule has 1 aromatic rings. The number of carbonyl (C=O) groups is 2. The van der Waals surface area contributed by atoms with Crippen LogP contribution in [-0.2, 0) is 9.59 Å². The van der Waals surface area contributed by atoms with Gasteiger partial charge in [0.15, 0.2) is 0 Å². The van der Waals surface area contributed by atoms with Gasteiger partial charge in [-0.25, -0.2) is 0 Å². The van der Waals surface area contributed by atoms with Crippen molar-refractivity contribution in [2.75, 3.05) is 0 Å². The van der Waals surface area contributed by atoms with Crippen LogP contribution in [0.15, 0.2) is 30.3 Å². The topological polar surface area (TPSA) is 66.4 Å². The van der Waals surface area contributed by atoms with Crippen molar-refractivity contribution < 1.29 is 14.7 Å². The third-order valence-corrected chi connectivity index (χ3v) is 3.89. The summed E-state index contributed by atoms with van der Waals surface area (Å²) in [5, 5.41) is 12.1. The number of carboxylic acids is 1. The van der Waals surface area contributed by atoms with Crippen LogP contribution >= 0.6 is 0 Å². The molecule has 0 aliphatic carbocycles. The lowest BCUT2D eigenvalue weighted by molar-refractivity contribution is -0.138. The molecule has 23 heavy (non-hydrogen) atoms. The molecule has 0 fully saturated rings. The van der Waals surface area contributed by atoms with Crippen LogP contribution in [0, 0.1) is 16.7 Å². The van der Waals surface area contributed by atoms with Crippen LogP contribution in [0.1, 0.15) is 59.6 Å². The van der Waals surface area contributed by atoms with Gasteiger partial charge in [-0.1, -0.05) is 71.9 Å². The normalized spacial score (nSPS) is 13.7. The van der Waals surface area contributed by atoms with Crippen molar-refractivity contribution >= 4 is 11.9 Å². The van der Waals surface area contributed by atoms with Crippen LogP contribution in [0.4, 0.5) is 0 Å². The summed E-state index contributed by atoms with van der Waals surface area (Å²) in [6.45, 7) is 12.2. The van der Waals surface area contributed by atoms with E-state index in [1.165, 1.54) is 0 Å². The Kier molecular flexibility index (Phi) is 5.98. The minimum atomic E-state index is -0.928. The molecule has 0 spiro atoms. The van der Waals surface area contributed by atoms with Crippen LogP contribution < -0.4 is 5.32 Å². The van der Waals surface area contributed by atoms with Gasteiger partial charge in [-0.3, -0.25) is 9.59 Å². The lowest BCUT2D eigenvalue weighted by atomic mass is 9.66. The molecular formula is C19H29NO3. The predicted molar refractivity (Wildman–Crippen MR) is 92.0 cm³/mol. The summed E-state index contributed by atoms with van der Waals surface area (Å²) in [5.41, 5.74) is 0.379. The van der Waals surface area contributed by atoms with Crippen LogP contribution in [0.2, 0.25) is 0 Å². The fourth-order valence-electron chi connectivity index (χ4n) is 3.45. The van der Waals surface area contributed by atoms with E-state index in [4.69, 9.17) is 5.11 Å². The molecular weight excluding hydrogens is 290 g/mol. The number of carboxylic acid groups (broad SMARTS) is 1. The number of benzene rings is 1. The van der Waals surface area contributed by atoms with Gasteiger partial charge in [0, 0.05) is 5.92 Å². The van der Waals surface area contributed by atoms with Gasteiger partial charge in [-0.05, 0) is 16.4 Å². The number of amides is 1. The molecule has 4 nitrogen and oxygen atoms in total. The summed E-state index contributed by atoms with van der Waals surface area (Å²) < 4.78 is 0. The van der Waals surface area contributed by atoms with E-state index in [1.54, 1.807) is 0 Å². The number of hydrogen-bond donors (Lipinski definition) is 2. The second-order valence-corrected chi connectivity index (χ2v) is 8.23. The van der Waals surface area contributed by atoms with Gasteiger partial charge in [0.05, 0.1) is 12.5 Å². The van der Waals surface area contributed by atoms with Crippen molar-refractivity contribution in [1.29, 1.82) is 0 Å². The van der Waals surface area contributed by atoms with Crippen molar-refractivity contribution in [3.05, 3.63) is 35.9 Å². The standard InChI is InChI=1S/C19H29NO3/c1-18(2,3)16(19(4,5)6)17(23)20-14(12-15(21)22)13-10-8-7-9-11-13/h7-11,14,16H,12H2,1-6H3,(H,20,23)(H,21,22). The second kappa shape index (κ2) is 7.16. The first-order valence-corrected chi connectivity index (χ1v) is 8.00. The largest absolute Gasteiger partial charge is 0.481 e. The molecule has 128 valence electrons. The monoisotopic (exact) mass is 319 g/mol. The molecule has 1 atom stereocenters. The van der Waals surface area contributed by atoms with Gasteiger partial charge >= 0.3 is 5.97 Å². The van der Waals surface area contributed by atoms with Gasteiger partial charge in [-0.15, -0.1) is 0 Å². The Bertz CT molecular complexity index is 524. The summed E-state index contributed by atoms with van der Waals surface area (Å²) in [5.74, 6) is -1.25. The number of aliphatic carboxylic acids is 1. The van der Waals surface area contributed by atoms with Gasteiger partial charge < -0.3 is 10.4 Å². The number of nitrogens with one attached hydrogen (secondary N) is 1. The Morgan fingerprint density at radius 3 is 1.87 bits per heavy atom. The minimum Gasteiger partial charge on any atom is -0.481 e. The third kappa shape index (κ3) is 5.70. The van der Waals surface area contributed by atoms with E-state index in [-0.39, 0.29) is 29.1 Å². The predicted octanol–water partition coefficient (Wildman–Crippen LogP) is 4.03. The molecule has 4 heteroatoms. The maximum Gasteiger partial charge on any atom is 0.305 e. The molecule has 1 unspecified atom stereocenters. The van der Waals surface area contributed by atoms with Crippen molar-refractivity contribution in [3.63, 3.8) is 0 Å². The summed E-state index contributed by atoms with van der Waals surface area (Å²) >= 11 is 0. The summed E-state index contributed by atoms with van der Waals surface area (Å²) in [4.78, 5) is 24.1. The molecule has 0 saturated carbocycles. The Balaban J connectivity index is 3.07. The fourth-order valence-corrected chi connectivity index (χ4v) is 3.45. The quantitative estimate of drug-likeness (QED) is 0.861. The molecule has 0 heterocycles. The fraction of sp³-hybridized carbons (Fsp3) is 0.579. The van der Waals surface area contributed by atoms with Crippen LogP contribution in [0.5, 0.6) is 0 Å². The molecule has 0 bridgehead atoms. The SMILES string of the molecule is CC(C)(C)C(C(=O)NC(CC(=O)O)c1ccccc1)C(C)(C)C. The highest BCUT2D eigenvalue weighted by Crippen LogP contribution is 2.40. The van der Waals surface area contributed by atoms with Crippen LogP contribution in [-0.4, -0.2) is 17.0 Å². The molecule has 0 aliphatic heterocycles. The van der Waals surface area contributed by atoms with Crippen molar-refractivity contribution in [2.45, 2.75) is 54.0 Å². The lowest BCUT2D eigenvalue weighted by Crippen LogP contribution is -2.46. The van der Waals surface area contributed by atoms with E-state index in [0.29, 0.717) is 0 Å². The zero-order valence-electron chi connectivity index (χ0n) is 15.0. The smallest absolute Gasteiger partial charge is 0.305 e. The van der Waals surface area contributed by atoms with Gasteiger partial charge in [-0.2, -0.15) is 0 Å². The highest BCUT2D eigenvalue weighted by Gasteiger charge is 2.41. The van der Waals surface area contributed by atoms with E-state index in [2.05, 4.69) is 5.32 Å². The number of rotatable bonds is 5. The van der Waals surface area contributed by atoms with Gasteiger partial charge in [0.1, 0.15) is 0 Å². The Morgan fingerprint density at radius 1 is 1.00 bits per heavy atom. The molecule has 2 N–H and O–H groups in total. The molecule has 1 aromatic carbocycles. The zero-order valence-corrected chi connectivity index (χ0v) is 15.0. The number of hydrogen-bond acceptors (Lipinski definition) is 2. The highest BCUT2D eigenvalue weighted by atomic mass is 16.4. The zero-order chi connectivity index (χ0) is 17.8. The van der Waals surface area contributed by atoms with Crippen molar-refractivity contribution in [2.24, 2.45) is 16.7 Å². The first-order chi connectivity index (χ1) is 10.4. The lowest BCUT2D eigenvalue weighted by Gasteiger charge is -2.40. The Morgan fingerprint density at radius 2 is 1.48 bits per heavy atom. The molecule has 0 aromatic heterocycles. The summed E-state index contributed by atoms with van der Waals surface area (Å²) in [7, 11) is 0. The first kappa shape index (κ1) is 19.2. The number of carbonyl (C=O) groups excluding carboxylic acids is 1. The van der Waals surface area contributed by atoms with E-state index in [9.17, 15) is 9.59 Å². The van der Waals surface area contributed by atoms with E-state index in [0.717, 1.165) is 5.56 Å². The maximum absolute atomic E-state index is 12.9. The molecule has 1 rings (SSSR count). The average Bonchev–Trinajstić information content (AvgIpc) is 2.34. The molecule has 0 saturated heterocycles. The Labute approximate surface area is 139 Å². The van der Waals surface area contributed by atoms with Gasteiger partial charge in [0.25, 0.3) is 0 Å². The highest BCUT2D eigenvalue weighted by molar-refractivity contribution is 5.81. The van der Waals surface area contributed by atoms with Crippen molar-refractivity contribution in [3.8, 4) is 0 Å². The molecule has 0 aliphatic rings. The van der Waals surface area contributed by atoms with Crippen LogP contribution in [0.3, 0.4) is 0 Å². The van der Waals surface area contributed by atoms with Crippen molar-refractivity contribution in [1.82, 2.24) is 5.32 Å². The van der Waals surface area contributed by atoms with Crippen LogP contribution in [0.25, 0.3) is 0 Å². The van der Waals surface area contributed by atoms with E-state index < -0.39 is 12.0 Å². The minimum absolute atomic E-state index is 0.0971. The summed E-state index contributed by atoms with van der Waals surface area (Å²) in [6.07, 6.45) is -0.128. The molecule has 0 radical (unpaired) electrons. The molecule has 1 amide bonds. The Hall–Kier alpha value is -1.84. The maximum atomic E-state index is 12.9. The summed E-state index contributed by atoms with van der Waals surface area (Å²) in [6, 6.07) is 8.74. The average molecular weight is 319 g/mol. The van der Waals surface area contributed by atoms with E-state index >= 15 is 0 Å². The third-order valence-electron chi connectivity index (χ3n) is 3.89. The second-order valence-electron chi connectivity index (χ2n) is 8.23. The first-order valence-electron chi connectivity index (χ1n) is 8.00. The van der Waals surface area contributed by atoms with Gasteiger partial charge in [0.2, 0.25) is 5.91 Å². The van der Waals surface area contributed by atoms with E-state index in [1.807, 2.05) is 71.9 Å².